The monoisotopic (exact) mass is 359 g/mol. The second-order valence-electron chi connectivity index (χ2n) is 3.74. The van der Waals surface area contributed by atoms with Crippen molar-refractivity contribution >= 4 is 56.5 Å². The maximum Gasteiger partial charge on any atom is 0.337 e. The van der Waals surface area contributed by atoms with Crippen LogP contribution in [0.25, 0.3) is 0 Å². The van der Waals surface area contributed by atoms with Gasteiger partial charge in [0.05, 0.1) is 16.9 Å². The third kappa shape index (κ3) is 3.41. The van der Waals surface area contributed by atoms with Crippen LogP contribution in [0.1, 0.15) is 10.4 Å². The molecule has 6 heteroatoms. The number of benzene rings is 2. The molecule has 2 N–H and O–H groups in total. The number of hydrogen-bond donors (Lipinski definition) is 2. The van der Waals surface area contributed by atoms with Crippen LogP contribution < -0.4 is 5.32 Å². The Bertz CT molecular complexity index is 647. The molecule has 0 fully saturated rings. The Morgan fingerprint density at radius 2 is 1.68 bits per heavy atom. The number of anilines is 2. The molecule has 0 saturated carbocycles. The normalized spacial score (nSPS) is 10.3. The molecule has 0 atom stereocenters. The highest BCUT2D eigenvalue weighted by atomic mass is 79.9. The zero-order chi connectivity index (χ0) is 14.0. The first-order chi connectivity index (χ1) is 8.97. The Kier molecular flexibility index (Phi) is 4.34. The summed E-state index contributed by atoms with van der Waals surface area (Å²) in [4.78, 5) is 11.2. The van der Waals surface area contributed by atoms with Gasteiger partial charge in [-0.05, 0) is 52.3 Å². The summed E-state index contributed by atoms with van der Waals surface area (Å²) < 4.78 is 0.781. The highest BCUT2D eigenvalue weighted by Gasteiger charge is 2.12. The van der Waals surface area contributed by atoms with E-state index in [0.717, 1.165) is 4.47 Å². The van der Waals surface area contributed by atoms with Crippen molar-refractivity contribution in [3.8, 4) is 0 Å². The van der Waals surface area contributed by atoms with Gasteiger partial charge in [-0.25, -0.2) is 4.79 Å². The third-order valence-corrected chi connectivity index (χ3v) is 3.57. The van der Waals surface area contributed by atoms with Crippen LogP contribution in [-0.2, 0) is 0 Å². The highest BCUT2D eigenvalue weighted by Crippen LogP contribution is 2.31. The van der Waals surface area contributed by atoms with Gasteiger partial charge in [-0.15, -0.1) is 0 Å². The summed E-state index contributed by atoms with van der Waals surface area (Å²) in [6.07, 6.45) is 0. The van der Waals surface area contributed by atoms with Crippen LogP contribution in [0.3, 0.4) is 0 Å². The molecule has 0 heterocycles. The smallest absolute Gasteiger partial charge is 0.337 e. The van der Waals surface area contributed by atoms with E-state index in [1.807, 2.05) is 0 Å². The van der Waals surface area contributed by atoms with Gasteiger partial charge in [0.25, 0.3) is 0 Å². The van der Waals surface area contributed by atoms with E-state index in [4.69, 9.17) is 28.3 Å². The Labute approximate surface area is 128 Å². The van der Waals surface area contributed by atoms with Crippen LogP contribution >= 0.6 is 39.1 Å². The highest BCUT2D eigenvalue weighted by molar-refractivity contribution is 9.10. The summed E-state index contributed by atoms with van der Waals surface area (Å²) in [5, 5.41) is 13.1. The summed E-state index contributed by atoms with van der Waals surface area (Å²) in [5.74, 6) is -1.05. The average molecular weight is 361 g/mol. The fourth-order valence-corrected chi connectivity index (χ4v) is 2.23. The molecule has 98 valence electrons. The molecule has 0 aromatic heterocycles. The number of aromatic carboxylic acids is 1. The second kappa shape index (κ2) is 5.82. The number of carbonyl (C=O) groups is 1. The first kappa shape index (κ1) is 14.2. The lowest BCUT2D eigenvalue weighted by molar-refractivity contribution is 0.0698. The average Bonchev–Trinajstić information content (AvgIpc) is 2.35. The number of carboxylic acid groups (broad SMARTS) is 1. The number of rotatable bonds is 3. The molecule has 0 unspecified atom stereocenters. The van der Waals surface area contributed by atoms with Crippen LogP contribution in [0.4, 0.5) is 11.4 Å². The Morgan fingerprint density at radius 3 is 2.37 bits per heavy atom. The fraction of sp³-hybridized carbons (Fsp3) is 0. The van der Waals surface area contributed by atoms with Gasteiger partial charge in [-0.1, -0.05) is 23.2 Å². The Morgan fingerprint density at radius 1 is 1.05 bits per heavy atom. The standard InChI is InChI=1S/C13H8BrCl2NO2/c14-10-3-1-8(16)6-12(10)17-11-4-2-7(15)5-9(11)13(18)19/h1-6,17H,(H,18,19). The second-order valence-corrected chi connectivity index (χ2v) is 5.47. The molecular weight excluding hydrogens is 353 g/mol. The Hall–Kier alpha value is -1.23. The van der Waals surface area contributed by atoms with E-state index in [9.17, 15) is 4.79 Å². The summed E-state index contributed by atoms with van der Waals surface area (Å²) in [7, 11) is 0. The van der Waals surface area contributed by atoms with E-state index in [2.05, 4.69) is 21.2 Å². The molecule has 3 nitrogen and oxygen atoms in total. The molecule has 0 amide bonds. The maximum atomic E-state index is 11.2. The van der Waals surface area contributed by atoms with E-state index in [0.29, 0.717) is 21.4 Å². The fourth-order valence-electron chi connectivity index (χ4n) is 1.54. The van der Waals surface area contributed by atoms with Gasteiger partial charge in [0.15, 0.2) is 0 Å². The Balaban J connectivity index is 2.43. The molecule has 0 aliphatic heterocycles. The minimum atomic E-state index is -1.05. The van der Waals surface area contributed by atoms with Crippen LogP contribution in [0.5, 0.6) is 0 Å². The van der Waals surface area contributed by atoms with Crippen molar-refractivity contribution in [2.45, 2.75) is 0 Å². The molecular formula is C13H8BrCl2NO2. The summed E-state index contributed by atoms with van der Waals surface area (Å²) >= 11 is 15.1. The molecule has 0 radical (unpaired) electrons. The predicted octanol–water partition coefficient (Wildman–Crippen LogP) is 5.20. The molecule has 2 aromatic carbocycles. The first-order valence-electron chi connectivity index (χ1n) is 5.22. The van der Waals surface area contributed by atoms with Crippen molar-refractivity contribution in [3.63, 3.8) is 0 Å². The van der Waals surface area contributed by atoms with Gasteiger partial charge in [0.2, 0.25) is 0 Å². The number of halogens is 3. The van der Waals surface area contributed by atoms with Crippen molar-refractivity contribution in [1.29, 1.82) is 0 Å². The van der Waals surface area contributed by atoms with Gasteiger partial charge < -0.3 is 10.4 Å². The predicted molar refractivity (Wildman–Crippen MR) is 80.8 cm³/mol. The lowest BCUT2D eigenvalue weighted by atomic mass is 10.1. The van der Waals surface area contributed by atoms with E-state index in [-0.39, 0.29) is 5.56 Å². The molecule has 0 saturated heterocycles. The molecule has 0 bridgehead atoms. The topological polar surface area (TPSA) is 49.3 Å². The van der Waals surface area contributed by atoms with Crippen molar-refractivity contribution in [3.05, 3.63) is 56.5 Å². The SMILES string of the molecule is O=C(O)c1cc(Cl)ccc1Nc1cc(Cl)ccc1Br. The number of carboxylic acids is 1. The zero-order valence-corrected chi connectivity index (χ0v) is 12.6. The minimum absolute atomic E-state index is 0.0966. The van der Waals surface area contributed by atoms with Crippen molar-refractivity contribution in [2.24, 2.45) is 0 Å². The molecule has 2 aromatic rings. The summed E-state index contributed by atoms with van der Waals surface area (Å²) in [6.45, 7) is 0. The zero-order valence-electron chi connectivity index (χ0n) is 9.45. The van der Waals surface area contributed by atoms with Gasteiger partial charge in [0, 0.05) is 14.5 Å². The molecule has 2 rings (SSSR count). The third-order valence-electron chi connectivity index (χ3n) is 2.41. The van der Waals surface area contributed by atoms with E-state index in [1.54, 1.807) is 30.3 Å². The molecule has 19 heavy (non-hydrogen) atoms. The number of hydrogen-bond acceptors (Lipinski definition) is 2. The lowest BCUT2D eigenvalue weighted by Gasteiger charge is -2.12. The van der Waals surface area contributed by atoms with Gasteiger partial charge in [-0.3, -0.25) is 0 Å². The van der Waals surface area contributed by atoms with Crippen molar-refractivity contribution in [1.82, 2.24) is 0 Å². The minimum Gasteiger partial charge on any atom is -0.478 e. The van der Waals surface area contributed by atoms with Crippen LogP contribution in [0, 0.1) is 0 Å². The molecule has 0 aliphatic carbocycles. The van der Waals surface area contributed by atoms with Crippen LogP contribution in [-0.4, -0.2) is 11.1 Å². The largest absolute Gasteiger partial charge is 0.478 e. The van der Waals surface area contributed by atoms with Crippen LogP contribution in [0.2, 0.25) is 10.0 Å². The van der Waals surface area contributed by atoms with Gasteiger partial charge in [-0.2, -0.15) is 0 Å². The number of nitrogens with one attached hydrogen (secondary N) is 1. The lowest BCUT2D eigenvalue weighted by Crippen LogP contribution is -2.03. The van der Waals surface area contributed by atoms with Crippen molar-refractivity contribution < 1.29 is 9.90 Å². The van der Waals surface area contributed by atoms with E-state index < -0.39 is 5.97 Å². The molecule has 0 spiro atoms. The van der Waals surface area contributed by atoms with E-state index in [1.165, 1.54) is 6.07 Å². The maximum absolute atomic E-state index is 11.2. The van der Waals surface area contributed by atoms with Gasteiger partial charge in [0.1, 0.15) is 0 Å². The van der Waals surface area contributed by atoms with E-state index >= 15 is 0 Å². The summed E-state index contributed by atoms with van der Waals surface area (Å²) in [5.41, 5.74) is 1.22. The van der Waals surface area contributed by atoms with Crippen molar-refractivity contribution in [2.75, 3.05) is 5.32 Å². The molecule has 0 aliphatic rings. The first-order valence-corrected chi connectivity index (χ1v) is 6.77. The van der Waals surface area contributed by atoms with Gasteiger partial charge >= 0.3 is 5.97 Å². The summed E-state index contributed by atoms with van der Waals surface area (Å²) in [6, 6.07) is 9.84. The quantitative estimate of drug-likeness (QED) is 0.791. The van der Waals surface area contributed by atoms with Crippen LogP contribution in [0.15, 0.2) is 40.9 Å².